The number of carbonyl (C=O) groups is 1. The van der Waals surface area contributed by atoms with Gasteiger partial charge in [0.2, 0.25) is 0 Å². The van der Waals surface area contributed by atoms with Crippen molar-refractivity contribution in [2.75, 3.05) is 0 Å². The summed E-state index contributed by atoms with van der Waals surface area (Å²) in [6.45, 7) is 4.30. The zero-order valence-corrected chi connectivity index (χ0v) is 24.8. The lowest BCUT2D eigenvalue weighted by Crippen LogP contribution is -2.38. The molecule has 1 atom stereocenters. The molecule has 5 nitrogen and oxygen atoms in total. The zero-order chi connectivity index (χ0) is 29.7. The number of rotatable bonds is 7. The third kappa shape index (κ3) is 3.20. The van der Waals surface area contributed by atoms with Gasteiger partial charge in [0.25, 0.3) is 5.91 Å². The first-order valence-electron chi connectivity index (χ1n) is 15.7. The van der Waals surface area contributed by atoms with Crippen LogP contribution in [0.15, 0.2) is 85.5 Å². The first-order chi connectivity index (χ1) is 21.6. The number of fused-ring (bicyclic) bond motifs is 3. The molecule has 0 spiro atoms. The summed E-state index contributed by atoms with van der Waals surface area (Å²) in [6.07, 6.45) is 9.93. The summed E-state index contributed by atoms with van der Waals surface area (Å²) in [5.74, 6) is -0.0602. The van der Waals surface area contributed by atoms with Crippen molar-refractivity contribution in [1.29, 1.82) is 0 Å². The highest BCUT2D eigenvalue weighted by Crippen LogP contribution is 2.56. The molecule has 2 aromatic heterocycles. The third-order valence-corrected chi connectivity index (χ3v) is 10.1. The van der Waals surface area contributed by atoms with Gasteiger partial charge in [-0.1, -0.05) is 51.0 Å². The number of nitrogens with zero attached hydrogens (tertiary/aromatic N) is 3. The molecule has 0 saturated carbocycles. The Morgan fingerprint density at radius 1 is 0.682 bits per heavy atom. The van der Waals surface area contributed by atoms with Crippen LogP contribution in [-0.2, 0) is 0 Å². The van der Waals surface area contributed by atoms with Crippen LogP contribution in [0.3, 0.4) is 0 Å². The van der Waals surface area contributed by atoms with Crippen molar-refractivity contribution < 1.29 is 9.90 Å². The Kier molecular flexibility index (Phi) is 5.42. The fraction of sp³-hybridized carbons (Fsp3) is 0.205. The molecule has 0 fully saturated rings. The molecular formula is C39H31N3O2. The molecule has 1 N–H and O–H groups in total. The number of amides is 1. The summed E-state index contributed by atoms with van der Waals surface area (Å²) in [5.41, 5.74) is 5.71. The highest BCUT2D eigenvalue weighted by atomic mass is 16.3. The Morgan fingerprint density at radius 2 is 1.18 bits per heavy atom. The van der Waals surface area contributed by atoms with Gasteiger partial charge in [-0.2, -0.15) is 0 Å². The van der Waals surface area contributed by atoms with Crippen molar-refractivity contribution in [2.24, 2.45) is 0 Å². The molecule has 0 radical (unpaired) electrons. The SMILES string of the molecule is CCCC(CCC)N1C(=O)c2c(c3cc(-c4ccncc4)c4ccc5ccc6c(-c7ccncc7)cc2c2c6c5c4c32)C1O. The van der Waals surface area contributed by atoms with Crippen molar-refractivity contribution in [3.63, 3.8) is 0 Å². The molecule has 1 aliphatic heterocycles. The van der Waals surface area contributed by atoms with E-state index in [-0.39, 0.29) is 11.9 Å². The van der Waals surface area contributed by atoms with Crippen molar-refractivity contribution in [3.05, 3.63) is 96.6 Å². The summed E-state index contributed by atoms with van der Waals surface area (Å²) >= 11 is 0. The molecule has 9 rings (SSSR count). The molecule has 6 aromatic carbocycles. The van der Waals surface area contributed by atoms with E-state index in [1.165, 1.54) is 32.3 Å². The van der Waals surface area contributed by atoms with Gasteiger partial charge < -0.3 is 10.0 Å². The quantitative estimate of drug-likeness (QED) is 0.193. The van der Waals surface area contributed by atoms with Crippen LogP contribution in [0.25, 0.3) is 76.1 Å². The van der Waals surface area contributed by atoms with E-state index >= 15 is 0 Å². The van der Waals surface area contributed by atoms with Crippen molar-refractivity contribution in [3.8, 4) is 22.3 Å². The van der Waals surface area contributed by atoms with E-state index < -0.39 is 6.23 Å². The molecule has 3 heterocycles. The molecule has 214 valence electrons. The van der Waals surface area contributed by atoms with E-state index in [1.54, 1.807) is 4.90 Å². The number of aliphatic hydroxyl groups excluding tert-OH is 1. The molecule has 0 saturated heterocycles. The second kappa shape index (κ2) is 9.31. The Hall–Kier alpha value is -4.87. The molecule has 1 aliphatic rings. The Morgan fingerprint density at radius 3 is 1.73 bits per heavy atom. The fourth-order valence-corrected chi connectivity index (χ4v) is 8.33. The second-order valence-corrected chi connectivity index (χ2v) is 12.3. The van der Waals surface area contributed by atoms with E-state index in [1.807, 2.05) is 49.1 Å². The average molecular weight is 574 g/mol. The van der Waals surface area contributed by atoms with Gasteiger partial charge in [0, 0.05) is 36.4 Å². The van der Waals surface area contributed by atoms with Gasteiger partial charge in [0.1, 0.15) is 0 Å². The van der Waals surface area contributed by atoms with Crippen LogP contribution in [0.1, 0.15) is 61.7 Å². The Balaban J connectivity index is 1.50. The highest BCUT2D eigenvalue weighted by molar-refractivity contribution is 6.48. The van der Waals surface area contributed by atoms with Gasteiger partial charge >= 0.3 is 0 Å². The summed E-state index contributed by atoms with van der Waals surface area (Å²) in [7, 11) is 0. The highest BCUT2D eigenvalue weighted by Gasteiger charge is 2.43. The number of hydrogen-bond acceptors (Lipinski definition) is 4. The molecule has 5 heteroatoms. The minimum atomic E-state index is -1.00. The fourth-order valence-electron chi connectivity index (χ4n) is 8.33. The summed E-state index contributed by atoms with van der Waals surface area (Å²) < 4.78 is 0. The lowest BCUT2D eigenvalue weighted by atomic mass is 9.87. The van der Waals surface area contributed by atoms with E-state index in [9.17, 15) is 9.90 Å². The van der Waals surface area contributed by atoms with E-state index in [0.717, 1.165) is 75.0 Å². The Labute approximate surface area is 254 Å². The smallest absolute Gasteiger partial charge is 0.257 e. The van der Waals surface area contributed by atoms with Crippen molar-refractivity contribution in [1.82, 2.24) is 14.9 Å². The van der Waals surface area contributed by atoms with Crippen LogP contribution in [-0.4, -0.2) is 31.9 Å². The molecular weight excluding hydrogens is 542 g/mol. The summed E-state index contributed by atoms with van der Waals surface area (Å²) in [5, 5.41) is 23.6. The van der Waals surface area contributed by atoms with Crippen LogP contribution in [0.5, 0.6) is 0 Å². The zero-order valence-electron chi connectivity index (χ0n) is 24.8. The number of aliphatic hydroxyl groups is 1. The molecule has 0 bridgehead atoms. The van der Waals surface area contributed by atoms with Crippen molar-refractivity contribution >= 4 is 59.8 Å². The normalized spacial score (nSPS) is 15.5. The first kappa shape index (κ1) is 25.6. The Bertz CT molecular complexity index is 2340. The molecule has 1 amide bonds. The number of carbonyl (C=O) groups excluding carboxylic acids is 1. The van der Waals surface area contributed by atoms with Crippen LogP contribution in [0.2, 0.25) is 0 Å². The molecule has 0 aliphatic carbocycles. The number of pyridine rings is 2. The number of benzene rings is 5. The molecule has 1 unspecified atom stereocenters. The predicted molar refractivity (Wildman–Crippen MR) is 179 cm³/mol. The number of aromatic nitrogens is 2. The predicted octanol–water partition coefficient (Wildman–Crippen LogP) is 9.31. The van der Waals surface area contributed by atoms with E-state index in [2.05, 4.69) is 60.2 Å². The minimum absolute atomic E-state index is 0.0181. The van der Waals surface area contributed by atoms with Gasteiger partial charge in [0.15, 0.2) is 6.23 Å². The monoisotopic (exact) mass is 573 g/mol. The average Bonchev–Trinajstić information content (AvgIpc) is 3.56. The van der Waals surface area contributed by atoms with Gasteiger partial charge in [-0.25, -0.2) is 0 Å². The summed E-state index contributed by atoms with van der Waals surface area (Å²) in [4.78, 5) is 25.0. The standard InChI is InChI=1S/C39H31N3O2/c1-3-5-24(6-4-2)42-38(43)36-29-19-27(21-11-15-40-16-12-21)25-9-7-23-8-10-26-28(22-13-17-41-18-14-22)20-30(37(36)39(42)44)35-33(26)31(23)32(25)34(29)35/h7-20,24,38,43H,3-6H2,1-2H3. The summed E-state index contributed by atoms with van der Waals surface area (Å²) in [6, 6.07) is 21.5. The van der Waals surface area contributed by atoms with E-state index in [0.29, 0.717) is 5.56 Å². The van der Waals surface area contributed by atoms with E-state index in [4.69, 9.17) is 0 Å². The number of hydrogen-bond donors (Lipinski definition) is 1. The van der Waals surface area contributed by atoms with Crippen LogP contribution in [0.4, 0.5) is 0 Å². The van der Waals surface area contributed by atoms with Crippen LogP contribution < -0.4 is 0 Å². The molecule has 44 heavy (non-hydrogen) atoms. The maximum Gasteiger partial charge on any atom is 0.257 e. The molecule has 8 aromatic rings. The van der Waals surface area contributed by atoms with Crippen LogP contribution in [0, 0.1) is 0 Å². The first-order valence-corrected chi connectivity index (χ1v) is 15.7. The lowest BCUT2D eigenvalue weighted by Gasteiger charge is -2.31. The van der Waals surface area contributed by atoms with Gasteiger partial charge in [-0.15, -0.1) is 0 Å². The van der Waals surface area contributed by atoms with Crippen molar-refractivity contribution in [2.45, 2.75) is 51.8 Å². The topological polar surface area (TPSA) is 66.3 Å². The van der Waals surface area contributed by atoms with Gasteiger partial charge in [-0.05, 0) is 125 Å². The largest absolute Gasteiger partial charge is 0.369 e. The van der Waals surface area contributed by atoms with Gasteiger partial charge in [0.05, 0.1) is 5.56 Å². The maximum absolute atomic E-state index is 14.7. The van der Waals surface area contributed by atoms with Gasteiger partial charge in [-0.3, -0.25) is 14.8 Å². The van der Waals surface area contributed by atoms with Crippen LogP contribution >= 0.6 is 0 Å². The maximum atomic E-state index is 14.7. The minimum Gasteiger partial charge on any atom is -0.369 e. The third-order valence-electron chi connectivity index (χ3n) is 10.1. The second-order valence-electron chi connectivity index (χ2n) is 12.3. The lowest BCUT2D eigenvalue weighted by molar-refractivity contribution is -0.00635.